The molecule has 1 N–H and O–H groups in total. The maximum Gasteiger partial charge on any atom is 0.331 e. The molecule has 1 aliphatic rings. The maximum atomic E-state index is 11.7. The number of nitrogens with zero attached hydrogens (tertiary/aromatic N) is 2. The Kier molecular flexibility index (Phi) is 2.98. The third-order valence-corrected chi connectivity index (χ3v) is 4.50. The lowest BCUT2D eigenvalue weighted by atomic mass is 9.98. The van der Waals surface area contributed by atoms with Gasteiger partial charge in [0.15, 0.2) is 6.04 Å². The number of aliphatic carboxylic acids is 1. The molecule has 0 aromatic carbocycles. The van der Waals surface area contributed by atoms with Crippen molar-refractivity contribution in [3.63, 3.8) is 0 Å². The number of thiophene rings is 1. The van der Waals surface area contributed by atoms with Crippen LogP contribution in [0.3, 0.4) is 0 Å². The van der Waals surface area contributed by atoms with Crippen molar-refractivity contribution >= 4 is 23.0 Å². The van der Waals surface area contributed by atoms with Crippen LogP contribution in [-0.4, -0.2) is 22.6 Å². The molecule has 0 fully saturated rings. The van der Waals surface area contributed by atoms with E-state index in [1.807, 2.05) is 29.3 Å². The third kappa shape index (κ3) is 2.00. The van der Waals surface area contributed by atoms with Gasteiger partial charge in [-0.1, -0.05) is 0 Å². The van der Waals surface area contributed by atoms with E-state index >= 15 is 0 Å². The Morgan fingerprint density at radius 1 is 1.53 bits per heavy atom. The molecule has 1 aliphatic heterocycles. The maximum absolute atomic E-state index is 11.7. The van der Waals surface area contributed by atoms with Gasteiger partial charge < -0.3 is 10.0 Å². The van der Waals surface area contributed by atoms with Gasteiger partial charge in [0.2, 0.25) is 0 Å². The van der Waals surface area contributed by atoms with Crippen LogP contribution < -0.4 is 4.90 Å². The molecular weight excluding hydrogens is 260 g/mol. The summed E-state index contributed by atoms with van der Waals surface area (Å²) in [5.41, 5.74) is 2.90. The predicted molar refractivity (Wildman–Crippen MR) is 74.7 cm³/mol. The van der Waals surface area contributed by atoms with Gasteiger partial charge in [-0.05, 0) is 42.0 Å². The minimum absolute atomic E-state index is 0.587. The topological polar surface area (TPSA) is 53.4 Å². The zero-order valence-corrected chi connectivity index (χ0v) is 11.4. The standard InChI is InChI=1S/C14H14N2O2S/c1-9-8-15-5-2-11(9)16-6-3-12-10(4-7-19-12)13(16)14(17)18/h2,4-5,7-8,13H,3,6H2,1H3,(H,17,18). The molecule has 98 valence electrons. The van der Waals surface area contributed by atoms with Gasteiger partial charge in [0.25, 0.3) is 0 Å². The van der Waals surface area contributed by atoms with Gasteiger partial charge in [-0.25, -0.2) is 4.79 Å². The van der Waals surface area contributed by atoms with Crippen molar-refractivity contribution in [2.75, 3.05) is 11.4 Å². The summed E-state index contributed by atoms with van der Waals surface area (Å²) in [6, 6.07) is 3.24. The Morgan fingerprint density at radius 3 is 3.11 bits per heavy atom. The van der Waals surface area contributed by atoms with Crippen molar-refractivity contribution < 1.29 is 9.90 Å². The highest BCUT2D eigenvalue weighted by atomic mass is 32.1. The summed E-state index contributed by atoms with van der Waals surface area (Å²) in [6.07, 6.45) is 4.39. The second-order valence-corrected chi connectivity index (χ2v) is 5.65. The number of carboxylic acid groups (broad SMARTS) is 1. The number of hydrogen-bond donors (Lipinski definition) is 1. The summed E-state index contributed by atoms with van der Waals surface area (Å²) >= 11 is 1.65. The Balaban J connectivity index is 2.08. The molecule has 0 radical (unpaired) electrons. The second-order valence-electron chi connectivity index (χ2n) is 4.65. The van der Waals surface area contributed by atoms with E-state index in [1.54, 1.807) is 23.7 Å². The van der Waals surface area contributed by atoms with Crippen LogP contribution in [0, 0.1) is 6.92 Å². The molecule has 2 aromatic rings. The van der Waals surface area contributed by atoms with Crippen molar-refractivity contribution in [3.05, 3.63) is 45.9 Å². The SMILES string of the molecule is Cc1cnccc1N1CCc2sccc2C1C(=O)O. The van der Waals surface area contributed by atoms with E-state index in [0.717, 1.165) is 29.8 Å². The van der Waals surface area contributed by atoms with E-state index < -0.39 is 12.0 Å². The molecule has 0 saturated heterocycles. The van der Waals surface area contributed by atoms with Crippen LogP contribution >= 0.6 is 11.3 Å². The molecule has 19 heavy (non-hydrogen) atoms. The van der Waals surface area contributed by atoms with E-state index in [2.05, 4.69) is 4.98 Å². The zero-order valence-electron chi connectivity index (χ0n) is 10.5. The fourth-order valence-electron chi connectivity index (χ4n) is 2.63. The average Bonchev–Trinajstić information content (AvgIpc) is 2.86. The van der Waals surface area contributed by atoms with E-state index in [1.165, 1.54) is 4.88 Å². The fourth-order valence-corrected chi connectivity index (χ4v) is 3.53. The molecule has 0 amide bonds. The summed E-state index contributed by atoms with van der Waals surface area (Å²) in [4.78, 5) is 18.9. The van der Waals surface area contributed by atoms with Gasteiger partial charge >= 0.3 is 5.97 Å². The second kappa shape index (κ2) is 4.66. The number of carboxylic acids is 1. The highest BCUT2D eigenvalue weighted by molar-refractivity contribution is 7.10. The van der Waals surface area contributed by atoms with Gasteiger partial charge in [-0.2, -0.15) is 0 Å². The number of pyridine rings is 1. The van der Waals surface area contributed by atoms with Crippen LogP contribution in [0.5, 0.6) is 0 Å². The number of anilines is 1. The summed E-state index contributed by atoms with van der Waals surface area (Å²) in [5.74, 6) is -0.796. The lowest BCUT2D eigenvalue weighted by molar-refractivity contribution is -0.138. The van der Waals surface area contributed by atoms with Crippen molar-refractivity contribution in [2.45, 2.75) is 19.4 Å². The minimum Gasteiger partial charge on any atom is -0.479 e. The molecule has 1 unspecified atom stereocenters. The minimum atomic E-state index is -0.796. The Hall–Kier alpha value is -1.88. The van der Waals surface area contributed by atoms with Crippen LogP contribution in [-0.2, 0) is 11.2 Å². The molecule has 3 heterocycles. The number of aromatic nitrogens is 1. The van der Waals surface area contributed by atoms with Crippen molar-refractivity contribution in [2.24, 2.45) is 0 Å². The van der Waals surface area contributed by atoms with Crippen molar-refractivity contribution in [3.8, 4) is 0 Å². The Morgan fingerprint density at radius 2 is 2.37 bits per heavy atom. The van der Waals surface area contributed by atoms with Gasteiger partial charge in [0.05, 0.1) is 0 Å². The molecule has 2 aromatic heterocycles. The molecule has 0 aliphatic carbocycles. The average molecular weight is 274 g/mol. The lowest BCUT2D eigenvalue weighted by Gasteiger charge is -2.35. The molecule has 0 spiro atoms. The first-order chi connectivity index (χ1) is 9.18. The molecule has 1 atom stereocenters. The van der Waals surface area contributed by atoms with Crippen molar-refractivity contribution in [1.29, 1.82) is 0 Å². The van der Waals surface area contributed by atoms with Crippen LogP contribution in [0.15, 0.2) is 29.9 Å². The molecular formula is C14H14N2O2S. The van der Waals surface area contributed by atoms with Gasteiger partial charge in [-0.15, -0.1) is 11.3 Å². The number of carbonyl (C=O) groups is 1. The Bertz CT molecular complexity index is 623. The molecule has 5 heteroatoms. The fraction of sp³-hybridized carbons (Fsp3) is 0.286. The van der Waals surface area contributed by atoms with E-state index in [9.17, 15) is 9.90 Å². The molecule has 3 rings (SSSR count). The summed E-state index contributed by atoms with van der Waals surface area (Å²) in [6.45, 7) is 2.69. The predicted octanol–water partition coefficient (Wildman–Crippen LogP) is 2.64. The molecule has 0 saturated carbocycles. The van der Waals surface area contributed by atoms with Gasteiger partial charge in [-0.3, -0.25) is 4.98 Å². The Labute approximate surface area is 115 Å². The summed E-state index contributed by atoms with van der Waals surface area (Å²) in [5, 5.41) is 11.5. The van der Waals surface area contributed by atoms with E-state index in [0.29, 0.717) is 0 Å². The smallest absolute Gasteiger partial charge is 0.331 e. The van der Waals surface area contributed by atoms with Crippen molar-refractivity contribution in [1.82, 2.24) is 4.98 Å². The van der Waals surface area contributed by atoms with Crippen LogP contribution in [0.4, 0.5) is 5.69 Å². The highest BCUT2D eigenvalue weighted by Gasteiger charge is 2.34. The highest BCUT2D eigenvalue weighted by Crippen LogP contribution is 2.37. The third-order valence-electron chi connectivity index (χ3n) is 3.50. The number of fused-ring (bicyclic) bond motifs is 1. The lowest BCUT2D eigenvalue weighted by Crippen LogP contribution is -2.39. The number of aryl methyl sites for hydroxylation is 1. The first-order valence-electron chi connectivity index (χ1n) is 6.15. The monoisotopic (exact) mass is 274 g/mol. The first-order valence-corrected chi connectivity index (χ1v) is 7.03. The van der Waals surface area contributed by atoms with E-state index in [4.69, 9.17) is 0 Å². The quantitative estimate of drug-likeness (QED) is 0.914. The van der Waals surface area contributed by atoms with Crippen LogP contribution in [0.25, 0.3) is 0 Å². The molecule has 0 bridgehead atoms. The number of hydrogen-bond acceptors (Lipinski definition) is 4. The molecule has 4 nitrogen and oxygen atoms in total. The van der Waals surface area contributed by atoms with Gasteiger partial charge in [0.1, 0.15) is 0 Å². The normalized spacial score (nSPS) is 18.2. The van der Waals surface area contributed by atoms with Gasteiger partial charge in [0, 0.05) is 29.5 Å². The largest absolute Gasteiger partial charge is 0.479 e. The number of rotatable bonds is 2. The van der Waals surface area contributed by atoms with Crippen LogP contribution in [0.1, 0.15) is 22.0 Å². The summed E-state index contributed by atoms with van der Waals surface area (Å²) in [7, 11) is 0. The first kappa shape index (κ1) is 12.2. The van der Waals surface area contributed by atoms with Crippen LogP contribution in [0.2, 0.25) is 0 Å². The zero-order chi connectivity index (χ0) is 13.4. The summed E-state index contributed by atoms with van der Waals surface area (Å²) < 4.78 is 0. The van der Waals surface area contributed by atoms with E-state index in [-0.39, 0.29) is 0 Å².